The summed E-state index contributed by atoms with van der Waals surface area (Å²) in [5.74, 6) is -2.96. The number of esters is 4. The summed E-state index contributed by atoms with van der Waals surface area (Å²) >= 11 is 0. The molecule has 39 heavy (non-hydrogen) atoms. The van der Waals surface area contributed by atoms with E-state index in [2.05, 4.69) is 0 Å². The number of benzene rings is 1. The van der Waals surface area contributed by atoms with Crippen molar-refractivity contribution in [2.24, 2.45) is 0 Å². The van der Waals surface area contributed by atoms with Crippen molar-refractivity contribution in [3.05, 3.63) is 34.4 Å². The fraction of sp³-hybridized carbons (Fsp3) is 0.577. The first-order chi connectivity index (χ1) is 18.2. The van der Waals surface area contributed by atoms with Gasteiger partial charge in [0.05, 0.1) is 6.61 Å². The maximum atomic E-state index is 12.9. The van der Waals surface area contributed by atoms with Crippen LogP contribution in [-0.4, -0.2) is 79.5 Å². The Morgan fingerprint density at radius 1 is 0.795 bits per heavy atom. The van der Waals surface area contributed by atoms with E-state index in [9.17, 15) is 28.5 Å². The molecule has 0 radical (unpaired) electrons. The van der Waals surface area contributed by atoms with Crippen LogP contribution in [0.3, 0.4) is 0 Å². The molecule has 0 amide bonds. The van der Waals surface area contributed by atoms with Crippen molar-refractivity contribution in [2.75, 3.05) is 19.4 Å². The Labute approximate surface area is 227 Å². The normalized spacial score (nSPS) is 23.3. The van der Waals surface area contributed by atoms with Crippen molar-refractivity contribution in [1.29, 1.82) is 0 Å². The molecule has 0 aromatic heterocycles. The Kier molecular flexibility index (Phi) is 11.8. The summed E-state index contributed by atoms with van der Waals surface area (Å²) in [5, 5.41) is 0. The second kappa shape index (κ2) is 14.3. The smallest absolute Gasteiger partial charge is 0.303 e. The molecular formula is C26H35O12P. The summed E-state index contributed by atoms with van der Waals surface area (Å²) in [7, 11) is -2.81. The van der Waals surface area contributed by atoms with Gasteiger partial charge in [-0.1, -0.05) is 17.7 Å². The molecule has 0 saturated carbocycles. The average molecular weight is 571 g/mol. The Bertz CT molecular complexity index is 1110. The van der Waals surface area contributed by atoms with E-state index in [-0.39, 0.29) is 12.8 Å². The molecule has 0 N–H and O–H groups in total. The van der Waals surface area contributed by atoms with Crippen molar-refractivity contribution in [2.45, 2.75) is 79.2 Å². The van der Waals surface area contributed by atoms with Gasteiger partial charge in [-0.05, 0) is 31.9 Å². The lowest BCUT2D eigenvalue weighted by atomic mass is 9.98. The van der Waals surface area contributed by atoms with E-state index in [4.69, 9.17) is 28.4 Å². The predicted molar refractivity (Wildman–Crippen MR) is 137 cm³/mol. The number of hydrogen-bond acceptors (Lipinski definition) is 12. The summed E-state index contributed by atoms with van der Waals surface area (Å²) in [4.78, 5) is 59.9. The van der Waals surface area contributed by atoms with Crippen LogP contribution in [0.25, 0.3) is 0 Å². The van der Waals surface area contributed by atoms with Crippen LogP contribution in [-0.2, 0) is 52.2 Å². The summed E-state index contributed by atoms with van der Waals surface area (Å²) < 4.78 is 45.4. The second-order valence-electron chi connectivity index (χ2n) is 9.21. The molecule has 216 valence electrons. The fourth-order valence-corrected chi connectivity index (χ4v) is 5.59. The lowest BCUT2D eigenvalue weighted by Crippen LogP contribution is -2.63. The van der Waals surface area contributed by atoms with Crippen LogP contribution < -0.4 is 0 Å². The zero-order valence-corrected chi connectivity index (χ0v) is 24.1. The molecule has 1 aromatic carbocycles. The van der Waals surface area contributed by atoms with Gasteiger partial charge in [0.2, 0.25) is 5.52 Å². The summed E-state index contributed by atoms with van der Waals surface area (Å²) in [6.45, 7) is 9.29. The van der Waals surface area contributed by atoms with Crippen molar-refractivity contribution in [3.8, 4) is 0 Å². The molecular weight excluding hydrogens is 535 g/mol. The fourth-order valence-electron chi connectivity index (χ4n) is 4.38. The van der Waals surface area contributed by atoms with E-state index < -0.39 is 74.5 Å². The van der Waals surface area contributed by atoms with Crippen LogP contribution in [0.4, 0.5) is 0 Å². The van der Waals surface area contributed by atoms with E-state index in [0.717, 1.165) is 44.4 Å². The first-order valence-corrected chi connectivity index (χ1v) is 13.9. The number of ether oxygens (including phenoxy) is 6. The molecule has 2 rings (SSSR count). The molecule has 1 aromatic rings. The minimum absolute atomic E-state index is 0.150. The van der Waals surface area contributed by atoms with Gasteiger partial charge in [0.1, 0.15) is 20.5 Å². The summed E-state index contributed by atoms with van der Waals surface area (Å²) in [5.41, 5.74) is 2.33. The Balaban J connectivity index is 2.27. The van der Waals surface area contributed by atoms with Gasteiger partial charge in [0, 0.05) is 39.4 Å². The highest BCUT2D eigenvalue weighted by atomic mass is 31.1. The highest BCUT2D eigenvalue weighted by Gasteiger charge is 2.52. The van der Waals surface area contributed by atoms with E-state index >= 15 is 0 Å². The van der Waals surface area contributed by atoms with Gasteiger partial charge < -0.3 is 33.0 Å². The molecule has 1 aliphatic heterocycles. The molecule has 0 aliphatic carbocycles. The lowest BCUT2D eigenvalue weighted by Gasteiger charge is -2.44. The van der Waals surface area contributed by atoms with Crippen LogP contribution in [0.15, 0.2) is 12.1 Å². The highest BCUT2D eigenvalue weighted by Crippen LogP contribution is 2.33. The van der Waals surface area contributed by atoms with Gasteiger partial charge in [0.25, 0.3) is 0 Å². The number of rotatable bonds is 11. The highest BCUT2D eigenvalue weighted by molar-refractivity contribution is 7.64. The molecule has 6 unspecified atom stereocenters. The van der Waals surface area contributed by atoms with Crippen LogP contribution in [0.1, 0.15) is 54.7 Å². The van der Waals surface area contributed by atoms with Gasteiger partial charge in [0.15, 0.2) is 24.6 Å². The first kappa shape index (κ1) is 32.1. The van der Waals surface area contributed by atoms with Crippen LogP contribution in [0.2, 0.25) is 0 Å². The topological polar surface area (TPSA) is 158 Å². The van der Waals surface area contributed by atoms with Gasteiger partial charge >= 0.3 is 23.9 Å². The van der Waals surface area contributed by atoms with Gasteiger partial charge in [-0.3, -0.25) is 24.0 Å². The SMILES string of the molecule is CC(=O)OCC1OC(OCC[PH](=O)C(=O)c2c(C)cc(C)cc2C)C(OC(C)=O)C(OC(C)=O)C1OC(C)=O. The van der Waals surface area contributed by atoms with E-state index in [1.807, 2.05) is 19.1 Å². The Hall–Kier alpha value is -3.08. The largest absolute Gasteiger partial charge is 0.463 e. The van der Waals surface area contributed by atoms with Gasteiger partial charge in [-0.25, -0.2) is 0 Å². The maximum absolute atomic E-state index is 12.9. The third-order valence-electron chi connectivity index (χ3n) is 5.72. The third kappa shape index (κ3) is 9.26. The average Bonchev–Trinajstić information content (AvgIpc) is 2.79. The first-order valence-electron chi connectivity index (χ1n) is 12.3. The van der Waals surface area contributed by atoms with Crippen LogP contribution in [0.5, 0.6) is 0 Å². The lowest BCUT2D eigenvalue weighted by molar-refractivity contribution is -0.307. The van der Waals surface area contributed by atoms with E-state index in [0.29, 0.717) is 5.56 Å². The number of carbonyl (C=O) groups excluding carboxylic acids is 5. The maximum Gasteiger partial charge on any atom is 0.303 e. The minimum Gasteiger partial charge on any atom is -0.463 e. The second-order valence-corrected chi connectivity index (χ2v) is 11.0. The molecule has 1 aliphatic rings. The number of aryl methyl sites for hydroxylation is 3. The zero-order chi connectivity index (χ0) is 29.4. The monoisotopic (exact) mass is 570 g/mol. The summed E-state index contributed by atoms with van der Waals surface area (Å²) in [6.07, 6.45) is -6.82. The molecule has 1 fully saturated rings. The van der Waals surface area contributed by atoms with Gasteiger partial charge in [-0.15, -0.1) is 0 Å². The molecule has 1 heterocycles. The predicted octanol–water partition coefficient (Wildman–Crippen LogP) is 2.41. The van der Waals surface area contributed by atoms with E-state index in [1.165, 1.54) is 0 Å². The number of carbonyl (C=O) groups is 5. The zero-order valence-electron chi connectivity index (χ0n) is 23.1. The Morgan fingerprint density at radius 3 is 1.82 bits per heavy atom. The van der Waals surface area contributed by atoms with Crippen LogP contribution >= 0.6 is 7.80 Å². The quantitative estimate of drug-likeness (QED) is 0.218. The van der Waals surface area contributed by atoms with Crippen molar-refractivity contribution in [3.63, 3.8) is 0 Å². The van der Waals surface area contributed by atoms with Crippen molar-refractivity contribution in [1.82, 2.24) is 0 Å². The minimum atomic E-state index is -2.81. The molecule has 6 atom stereocenters. The molecule has 12 nitrogen and oxygen atoms in total. The van der Waals surface area contributed by atoms with E-state index in [1.54, 1.807) is 13.8 Å². The van der Waals surface area contributed by atoms with Gasteiger partial charge in [-0.2, -0.15) is 0 Å². The van der Waals surface area contributed by atoms with Crippen LogP contribution in [0, 0.1) is 20.8 Å². The number of hydrogen-bond donors (Lipinski definition) is 0. The standard InChI is InChI=1S/C26H35O12P/c1-13-10-14(2)21(15(3)11-13)25(31)39(32)9-8-33-26-24(37-19(7)30)23(36-18(6)29)22(35-17(5)28)20(38-26)12-34-16(4)27/h10-11,20,22-24,26,39H,8-9,12H2,1-7H3. The third-order valence-corrected chi connectivity index (χ3v) is 7.13. The molecule has 0 spiro atoms. The van der Waals surface area contributed by atoms with Crippen molar-refractivity contribution >= 4 is 37.2 Å². The molecule has 13 heteroatoms. The van der Waals surface area contributed by atoms with Crippen molar-refractivity contribution < 1.29 is 57.0 Å². The molecule has 0 bridgehead atoms. The molecule has 1 saturated heterocycles. The Morgan fingerprint density at radius 2 is 1.31 bits per heavy atom. The summed E-state index contributed by atoms with van der Waals surface area (Å²) in [6, 6.07) is 3.67.